The van der Waals surface area contributed by atoms with Gasteiger partial charge in [0.15, 0.2) is 0 Å². The van der Waals surface area contributed by atoms with Crippen molar-refractivity contribution in [2.45, 2.75) is 0 Å². The Morgan fingerprint density at radius 1 is 0.345 bits per heavy atom. The van der Waals surface area contributed by atoms with E-state index in [0.29, 0.717) is 0 Å². The van der Waals surface area contributed by atoms with Crippen molar-refractivity contribution in [3.63, 3.8) is 0 Å². The first-order valence-electron chi connectivity index (χ1n) is 19.6. The quantitative estimate of drug-likeness (QED) is 0.167. The summed E-state index contributed by atoms with van der Waals surface area (Å²) in [5, 5.41) is 7.30. The summed E-state index contributed by atoms with van der Waals surface area (Å²) in [4.78, 5) is 2.47. The van der Waals surface area contributed by atoms with E-state index in [0.717, 1.165) is 44.6 Å². The lowest BCUT2D eigenvalue weighted by atomic mass is 9.98. The van der Waals surface area contributed by atoms with E-state index in [4.69, 9.17) is 4.42 Å². The number of anilines is 3. The summed E-state index contributed by atoms with van der Waals surface area (Å²) in [6.45, 7) is 0. The summed E-state index contributed by atoms with van der Waals surface area (Å²) in [5.41, 5.74) is 12.3. The predicted octanol–water partition coefficient (Wildman–Crippen LogP) is 16.8. The SMILES string of the molecule is c1ccc(-c2ccc3c(c2)oc2ccc(N(c4ccc5c(c4)sc4ccccc45)c4ccc(-c5ccccc5)c5sc6cc(-c7ccccc7)ccc6c45)cc23)cc1. The molecule has 272 valence electrons. The molecule has 0 radical (unpaired) electrons. The van der Waals surface area contributed by atoms with E-state index >= 15 is 0 Å². The third-order valence-corrected chi connectivity index (χ3v) is 13.8. The highest BCUT2D eigenvalue weighted by Gasteiger charge is 2.23. The van der Waals surface area contributed by atoms with Crippen LogP contribution in [0.2, 0.25) is 0 Å². The Bertz CT molecular complexity index is 3510. The van der Waals surface area contributed by atoms with Crippen LogP contribution < -0.4 is 4.90 Å². The second-order valence-electron chi connectivity index (χ2n) is 14.9. The maximum Gasteiger partial charge on any atom is 0.136 e. The fourth-order valence-corrected chi connectivity index (χ4v) is 11.1. The van der Waals surface area contributed by atoms with Crippen LogP contribution in [0.15, 0.2) is 205 Å². The first-order valence-corrected chi connectivity index (χ1v) is 21.2. The summed E-state index contributed by atoms with van der Waals surface area (Å²) < 4.78 is 11.7. The highest BCUT2D eigenvalue weighted by atomic mass is 32.1. The van der Waals surface area contributed by atoms with Gasteiger partial charge in [-0.15, -0.1) is 22.7 Å². The van der Waals surface area contributed by atoms with E-state index in [2.05, 4.69) is 205 Å². The van der Waals surface area contributed by atoms with Gasteiger partial charge in [-0.25, -0.2) is 0 Å². The van der Waals surface area contributed by atoms with E-state index in [1.165, 1.54) is 68.2 Å². The molecule has 0 saturated carbocycles. The number of hydrogen-bond acceptors (Lipinski definition) is 4. The molecule has 0 amide bonds. The third-order valence-electron chi connectivity index (χ3n) is 11.5. The molecular weight excluding hydrogens is 743 g/mol. The molecule has 4 heteroatoms. The van der Waals surface area contributed by atoms with E-state index in [-0.39, 0.29) is 0 Å². The first kappa shape index (κ1) is 33.2. The van der Waals surface area contributed by atoms with Crippen molar-refractivity contribution >= 4 is 102 Å². The largest absolute Gasteiger partial charge is 0.456 e. The number of hydrogen-bond donors (Lipinski definition) is 0. The van der Waals surface area contributed by atoms with Crippen LogP contribution in [0, 0.1) is 0 Å². The summed E-state index contributed by atoms with van der Waals surface area (Å²) in [5.74, 6) is 0. The van der Waals surface area contributed by atoms with Crippen molar-refractivity contribution in [1.82, 2.24) is 0 Å². The van der Waals surface area contributed by atoms with Crippen LogP contribution in [-0.4, -0.2) is 0 Å². The minimum absolute atomic E-state index is 0.878. The van der Waals surface area contributed by atoms with Crippen LogP contribution >= 0.6 is 22.7 Å². The van der Waals surface area contributed by atoms with Crippen molar-refractivity contribution in [1.29, 1.82) is 0 Å². The average molecular weight is 776 g/mol. The lowest BCUT2D eigenvalue weighted by Gasteiger charge is -2.27. The molecule has 58 heavy (non-hydrogen) atoms. The van der Waals surface area contributed by atoms with Gasteiger partial charge < -0.3 is 9.32 Å². The maximum absolute atomic E-state index is 6.56. The number of benzene rings is 9. The van der Waals surface area contributed by atoms with Gasteiger partial charge in [0.1, 0.15) is 11.2 Å². The molecule has 0 bridgehead atoms. The molecule has 3 aromatic heterocycles. The first-order chi connectivity index (χ1) is 28.7. The van der Waals surface area contributed by atoms with E-state index in [1.807, 2.05) is 22.7 Å². The molecule has 0 aliphatic carbocycles. The van der Waals surface area contributed by atoms with Gasteiger partial charge in [0.2, 0.25) is 0 Å². The minimum atomic E-state index is 0.878. The Labute approximate surface area is 343 Å². The molecular formula is C54H33NOS2. The molecule has 12 rings (SSSR count). The van der Waals surface area contributed by atoms with Crippen LogP contribution in [0.25, 0.3) is 95.7 Å². The van der Waals surface area contributed by atoms with Crippen LogP contribution in [0.4, 0.5) is 17.1 Å². The highest BCUT2D eigenvalue weighted by Crippen LogP contribution is 2.50. The fourth-order valence-electron chi connectivity index (χ4n) is 8.70. The lowest BCUT2D eigenvalue weighted by Crippen LogP contribution is -2.10. The number of nitrogens with zero attached hydrogens (tertiary/aromatic N) is 1. The standard InChI is InChI=1S/C54H33NOS2/c1-4-12-34(13-5-1)37-20-24-42-46-32-39(23-29-48(46)56-49(42)30-37)55(40-22-26-44-43-18-10-11-19-50(43)57-52(44)33-40)47-28-27-41(36-16-8-3-9-17-36)54-53(47)45-25-21-38(31-51(45)58-54)35-14-6-2-7-15-35/h1-33H. The number of furan rings is 1. The number of rotatable bonds is 6. The Balaban J connectivity index is 1.12. The van der Waals surface area contributed by atoms with E-state index in [9.17, 15) is 0 Å². The molecule has 0 saturated heterocycles. The van der Waals surface area contributed by atoms with Gasteiger partial charge in [0.25, 0.3) is 0 Å². The van der Waals surface area contributed by atoms with Crippen LogP contribution in [-0.2, 0) is 0 Å². The zero-order chi connectivity index (χ0) is 38.2. The van der Waals surface area contributed by atoms with Crippen molar-refractivity contribution in [3.05, 3.63) is 200 Å². The lowest BCUT2D eigenvalue weighted by molar-refractivity contribution is 0.669. The molecule has 9 aromatic carbocycles. The smallest absolute Gasteiger partial charge is 0.136 e. The zero-order valence-corrected chi connectivity index (χ0v) is 32.9. The second kappa shape index (κ2) is 13.3. The molecule has 2 nitrogen and oxygen atoms in total. The molecule has 0 aliphatic heterocycles. The van der Waals surface area contributed by atoms with Crippen molar-refractivity contribution in [2.24, 2.45) is 0 Å². The molecule has 0 unspecified atom stereocenters. The molecule has 0 N–H and O–H groups in total. The van der Waals surface area contributed by atoms with Gasteiger partial charge >= 0.3 is 0 Å². The summed E-state index contributed by atoms with van der Waals surface area (Å²) in [7, 11) is 0. The van der Waals surface area contributed by atoms with Gasteiger partial charge in [0.05, 0.1) is 5.69 Å². The molecule has 0 aliphatic rings. The maximum atomic E-state index is 6.56. The summed E-state index contributed by atoms with van der Waals surface area (Å²) in [6, 6.07) is 72.6. The van der Waals surface area contributed by atoms with Crippen molar-refractivity contribution in [2.75, 3.05) is 4.90 Å². The Morgan fingerprint density at radius 3 is 1.72 bits per heavy atom. The second-order valence-corrected chi connectivity index (χ2v) is 17.0. The van der Waals surface area contributed by atoms with Crippen molar-refractivity contribution in [3.8, 4) is 33.4 Å². The van der Waals surface area contributed by atoms with Gasteiger partial charge in [-0.05, 0) is 94.0 Å². The molecule has 0 fully saturated rings. The minimum Gasteiger partial charge on any atom is -0.456 e. The number of thiophene rings is 2. The topological polar surface area (TPSA) is 16.4 Å². The number of fused-ring (bicyclic) bond motifs is 9. The molecule has 0 spiro atoms. The van der Waals surface area contributed by atoms with Crippen molar-refractivity contribution < 1.29 is 4.42 Å². The van der Waals surface area contributed by atoms with Gasteiger partial charge in [-0.1, -0.05) is 140 Å². The normalized spacial score (nSPS) is 11.8. The summed E-state index contributed by atoms with van der Waals surface area (Å²) in [6.07, 6.45) is 0. The van der Waals surface area contributed by atoms with Gasteiger partial charge in [-0.2, -0.15) is 0 Å². The third kappa shape index (κ3) is 5.37. The van der Waals surface area contributed by atoms with Gasteiger partial charge in [0, 0.05) is 62.5 Å². The zero-order valence-electron chi connectivity index (χ0n) is 31.2. The molecule has 3 heterocycles. The van der Waals surface area contributed by atoms with E-state index in [1.54, 1.807) is 0 Å². The van der Waals surface area contributed by atoms with Crippen LogP contribution in [0.3, 0.4) is 0 Å². The van der Waals surface area contributed by atoms with Gasteiger partial charge in [-0.3, -0.25) is 0 Å². The Morgan fingerprint density at radius 2 is 0.948 bits per heavy atom. The molecule has 0 atom stereocenters. The predicted molar refractivity (Wildman–Crippen MR) is 250 cm³/mol. The summed E-state index contributed by atoms with van der Waals surface area (Å²) >= 11 is 3.74. The van der Waals surface area contributed by atoms with E-state index < -0.39 is 0 Å². The monoisotopic (exact) mass is 775 g/mol. The fraction of sp³-hybridized carbons (Fsp3) is 0. The average Bonchev–Trinajstić information content (AvgIpc) is 3.98. The van der Waals surface area contributed by atoms with Crippen LogP contribution in [0.1, 0.15) is 0 Å². The molecule has 12 aromatic rings. The van der Waals surface area contributed by atoms with Crippen LogP contribution in [0.5, 0.6) is 0 Å². The highest BCUT2D eigenvalue weighted by molar-refractivity contribution is 7.26. The Kier molecular flexibility index (Phi) is 7.62. The Hall–Kier alpha value is -6.98.